The summed E-state index contributed by atoms with van der Waals surface area (Å²) in [6.45, 7) is 7.50. The van der Waals surface area contributed by atoms with Gasteiger partial charge in [0.1, 0.15) is 6.10 Å². The van der Waals surface area contributed by atoms with Crippen molar-refractivity contribution in [3.63, 3.8) is 0 Å². The lowest BCUT2D eigenvalue weighted by Crippen LogP contribution is -2.41. The number of fused-ring (bicyclic) bond motifs is 2. The first kappa shape index (κ1) is 12.9. The molecule has 0 radical (unpaired) electrons. The molecular formula is C15H20O4. The largest absolute Gasteiger partial charge is 0.454 e. The number of hydrogen-bond acceptors (Lipinski definition) is 4. The van der Waals surface area contributed by atoms with Gasteiger partial charge in [0.05, 0.1) is 11.7 Å². The minimum atomic E-state index is -1.11. The highest BCUT2D eigenvalue weighted by atomic mass is 16.5. The monoisotopic (exact) mass is 264 g/mol. The molecule has 104 valence electrons. The van der Waals surface area contributed by atoms with Crippen LogP contribution in [0.1, 0.15) is 26.7 Å². The minimum Gasteiger partial charge on any atom is -0.454 e. The van der Waals surface area contributed by atoms with E-state index in [1.165, 1.54) is 0 Å². The third kappa shape index (κ3) is 1.70. The zero-order valence-corrected chi connectivity index (χ0v) is 11.3. The van der Waals surface area contributed by atoms with Crippen LogP contribution in [0.4, 0.5) is 0 Å². The predicted octanol–water partition coefficient (Wildman–Crippen LogP) is 1.18. The highest BCUT2D eigenvalue weighted by molar-refractivity contribution is 5.91. The maximum Gasteiger partial charge on any atom is 0.334 e. The number of ether oxygens (including phenoxy) is 1. The molecule has 3 rings (SSSR count). The second kappa shape index (κ2) is 3.93. The molecule has 1 aliphatic heterocycles. The zero-order valence-electron chi connectivity index (χ0n) is 11.3. The van der Waals surface area contributed by atoms with Crippen LogP contribution in [0.15, 0.2) is 23.8 Å². The van der Waals surface area contributed by atoms with E-state index >= 15 is 0 Å². The molecule has 0 aromatic carbocycles. The van der Waals surface area contributed by atoms with Crippen LogP contribution in [0.2, 0.25) is 0 Å². The van der Waals surface area contributed by atoms with Gasteiger partial charge in [0.2, 0.25) is 0 Å². The Morgan fingerprint density at radius 1 is 1.42 bits per heavy atom. The number of hydrogen-bond donors (Lipinski definition) is 2. The van der Waals surface area contributed by atoms with Gasteiger partial charge in [-0.2, -0.15) is 0 Å². The molecule has 4 heteroatoms. The molecule has 1 unspecified atom stereocenters. The molecule has 19 heavy (non-hydrogen) atoms. The summed E-state index contributed by atoms with van der Waals surface area (Å²) in [5.41, 5.74) is 0.476. The van der Waals surface area contributed by atoms with Gasteiger partial charge in [0, 0.05) is 11.5 Å². The van der Waals surface area contributed by atoms with Crippen molar-refractivity contribution in [2.45, 2.75) is 44.5 Å². The van der Waals surface area contributed by atoms with Crippen LogP contribution >= 0.6 is 0 Å². The summed E-state index contributed by atoms with van der Waals surface area (Å²) in [6.07, 6.45) is 2.21. The minimum absolute atomic E-state index is 0.0556. The van der Waals surface area contributed by atoms with Crippen molar-refractivity contribution < 1.29 is 19.7 Å². The Bertz CT molecular complexity index is 477. The van der Waals surface area contributed by atoms with Crippen molar-refractivity contribution in [3.8, 4) is 0 Å². The first-order valence-electron chi connectivity index (χ1n) is 6.81. The average molecular weight is 264 g/mol. The Labute approximate surface area is 112 Å². The van der Waals surface area contributed by atoms with Gasteiger partial charge in [0.25, 0.3) is 0 Å². The molecule has 1 saturated carbocycles. The van der Waals surface area contributed by atoms with Crippen molar-refractivity contribution in [1.82, 2.24) is 0 Å². The number of rotatable bonds is 0. The fourth-order valence-electron chi connectivity index (χ4n) is 3.92. The molecule has 1 heterocycles. The number of esters is 1. The van der Waals surface area contributed by atoms with Crippen LogP contribution in [-0.2, 0) is 9.53 Å². The van der Waals surface area contributed by atoms with E-state index in [9.17, 15) is 15.0 Å². The van der Waals surface area contributed by atoms with Crippen molar-refractivity contribution in [2.75, 3.05) is 0 Å². The lowest BCUT2D eigenvalue weighted by molar-refractivity contribution is -0.137. The van der Waals surface area contributed by atoms with E-state index in [2.05, 4.69) is 6.58 Å². The molecule has 1 saturated heterocycles. The van der Waals surface area contributed by atoms with Crippen molar-refractivity contribution in [1.29, 1.82) is 0 Å². The highest BCUT2D eigenvalue weighted by Gasteiger charge is 2.54. The maximum absolute atomic E-state index is 11.6. The standard InChI is InChI=1S/C15H20O4/c1-7-4-12-10(8(2)14(17)19-12)5-11-9(7)6-13(16)15(11,3)18/h4,9-13,16,18H,2,5-6H2,1,3H3/t9?,10-,11-,12+,13-,15+/m1/s1. The van der Waals surface area contributed by atoms with E-state index in [0.29, 0.717) is 18.4 Å². The van der Waals surface area contributed by atoms with Crippen molar-refractivity contribution >= 4 is 5.97 Å². The average Bonchev–Trinajstić information content (AvgIpc) is 2.64. The normalized spacial score (nSPS) is 49.3. The van der Waals surface area contributed by atoms with Gasteiger partial charge >= 0.3 is 5.97 Å². The Morgan fingerprint density at radius 3 is 2.79 bits per heavy atom. The van der Waals surface area contributed by atoms with Crippen LogP contribution in [0.25, 0.3) is 0 Å². The fourth-order valence-corrected chi connectivity index (χ4v) is 3.92. The van der Waals surface area contributed by atoms with Crippen molar-refractivity contribution in [2.24, 2.45) is 17.8 Å². The van der Waals surface area contributed by atoms with Gasteiger partial charge < -0.3 is 14.9 Å². The molecule has 2 N–H and O–H groups in total. The fraction of sp³-hybridized carbons (Fsp3) is 0.667. The van der Waals surface area contributed by atoms with Gasteiger partial charge in [0.15, 0.2) is 0 Å². The molecule has 0 amide bonds. The quantitative estimate of drug-likeness (QED) is 0.392. The zero-order chi connectivity index (χ0) is 13.9. The Kier molecular flexibility index (Phi) is 2.67. The number of allylic oxidation sites excluding steroid dienone is 1. The third-order valence-electron chi connectivity index (χ3n) is 5.26. The number of aliphatic hydroxyl groups excluding tert-OH is 1. The molecule has 0 spiro atoms. The van der Waals surface area contributed by atoms with E-state index in [-0.39, 0.29) is 29.8 Å². The summed E-state index contributed by atoms with van der Waals surface area (Å²) >= 11 is 0. The first-order chi connectivity index (χ1) is 8.82. The highest BCUT2D eigenvalue weighted by Crippen LogP contribution is 2.51. The molecule has 0 aromatic rings. The number of carbonyl (C=O) groups excluding carboxylic acids is 1. The number of aliphatic hydroxyl groups is 2. The molecule has 2 aliphatic carbocycles. The molecule has 3 aliphatic rings. The topological polar surface area (TPSA) is 66.8 Å². The predicted molar refractivity (Wildman–Crippen MR) is 69.1 cm³/mol. The van der Waals surface area contributed by atoms with Crippen LogP contribution < -0.4 is 0 Å². The smallest absolute Gasteiger partial charge is 0.334 e. The third-order valence-corrected chi connectivity index (χ3v) is 5.26. The Morgan fingerprint density at radius 2 is 2.11 bits per heavy atom. The van der Waals surface area contributed by atoms with Gasteiger partial charge in [-0.3, -0.25) is 0 Å². The van der Waals surface area contributed by atoms with E-state index in [0.717, 1.165) is 5.57 Å². The summed E-state index contributed by atoms with van der Waals surface area (Å²) in [5.74, 6) is -0.313. The van der Waals surface area contributed by atoms with Gasteiger partial charge in [-0.05, 0) is 44.6 Å². The van der Waals surface area contributed by atoms with Gasteiger partial charge in [-0.1, -0.05) is 12.2 Å². The second-order valence-electron chi connectivity index (χ2n) is 6.34. The maximum atomic E-state index is 11.6. The van der Waals surface area contributed by atoms with Crippen molar-refractivity contribution in [3.05, 3.63) is 23.8 Å². The second-order valence-corrected chi connectivity index (χ2v) is 6.34. The van der Waals surface area contributed by atoms with E-state index in [1.807, 2.05) is 13.0 Å². The van der Waals surface area contributed by atoms with E-state index in [4.69, 9.17) is 4.74 Å². The SMILES string of the molecule is C=C1C(=O)O[C@H]2C=C(C)C3C[C@@H](O)[C@@](C)(O)[C@@H]3C[C@H]12. The van der Waals surface area contributed by atoms with Gasteiger partial charge in [-0.15, -0.1) is 0 Å². The summed E-state index contributed by atoms with van der Waals surface area (Å²) in [5, 5.41) is 20.6. The van der Waals surface area contributed by atoms with E-state index < -0.39 is 11.7 Å². The molecule has 0 aromatic heterocycles. The lowest BCUT2D eigenvalue weighted by atomic mass is 9.78. The molecular weight excluding hydrogens is 244 g/mol. The first-order valence-corrected chi connectivity index (χ1v) is 6.81. The van der Waals surface area contributed by atoms with Crippen LogP contribution in [0.3, 0.4) is 0 Å². The summed E-state index contributed by atoms with van der Waals surface area (Å²) < 4.78 is 5.33. The Hall–Kier alpha value is -1.13. The molecule has 0 bridgehead atoms. The summed E-state index contributed by atoms with van der Waals surface area (Å²) in [6, 6.07) is 0. The van der Waals surface area contributed by atoms with Gasteiger partial charge in [-0.25, -0.2) is 4.79 Å². The molecule has 6 atom stereocenters. The summed E-state index contributed by atoms with van der Waals surface area (Å²) in [4.78, 5) is 11.6. The van der Waals surface area contributed by atoms with E-state index in [1.54, 1.807) is 6.92 Å². The lowest BCUT2D eigenvalue weighted by Gasteiger charge is -2.32. The molecule has 4 nitrogen and oxygen atoms in total. The Balaban J connectivity index is 2.00. The summed E-state index contributed by atoms with van der Waals surface area (Å²) in [7, 11) is 0. The number of carbonyl (C=O) groups is 1. The van der Waals surface area contributed by atoms with Crippen LogP contribution in [0, 0.1) is 17.8 Å². The van der Waals surface area contributed by atoms with Crippen LogP contribution in [-0.4, -0.2) is 34.0 Å². The molecule has 2 fully saturated rings. The van der Waals surface area contributed by atoms with Crippen LogP contribution in [0.5, 0.6) is 0 Å².